The number of benzene rings is 2. The van der Waals surface area contributed by atoms with E-state index < -0.39 is 0 Å². The Morgan fingerprint density at radius 1 is 1.07 bits per heavy atom. The van der Waals surface area contributed by atoms with Gasteiger partial charge in [-0.15, -0.1) is 0 Å². The summed E-state index contributed by atoms with van der Waals surface area (Å²) in [6.07, 6.45) is 0. The van der Waals surface area contributed by atoms with Gasteiger partial charge in [-0.3, -0.25) is 0 Å². The van der Waals surface area contributed by atoms with Gasteiger partial charge < -0.3 is 15.4 Å². The minimum absolute atomic E-state index is 0.0555. The lowest BCUT2D eigenvalue weighted by atomic mass is 10.1. The number of quaternary nitrogens is 1. The van der Waals surface area contributed by atoms with Crippen LogP contribution in [0.4, 0.5) is 5.69 Å². The second-order valence-electron chi connectivity index (χ2n) is 3.30. The Morgan fingerprint density at radius 2 is 1.71 bits per heavy atom. The van der Waals surface area contributed by atoms with Gasteiger partial charge in [-0.1, -0.05) is 6.07 Å². The molecule has 0 fully saturated rings. The third-order valence-electron chi connectivity index (χ3n) is 2.23. The van der Waals surface area contributed by atoms with Crippen LogP contribution in [0.1, 0.15) is 0 Å². The van der Waals surface area contributed by atoms with Gasteiger partial charge >= 0.3 is 0 Å². The van der Waals surface area contributed by atoms with Crippen molar-refractivity contribution in [3.05, 3.63) is 41.6 Å². The smallest absolute Gasteiger partial charge is 0.131 e. The molecule has 1 atom stereocenters. The standard InChI is InChI=1S/C11H11NO2/c1-12(14)10-4-2-9-7-11(13)5-3-8(9)6-10/h2-7,12-13H,1H3. The van der Waals surface area contributed by atoms with Crippen molar-refractivity contribution in [1.82, 2.24) is 0 Å². The van der Waals surface area contributed by atoms with Crippen molar-refractivity contribution in [2.24, 2.45) is 0 Å². The highest BCUT2D eigenvalue weighted by Crippen LogP contribution is 2.21. The Hall–Kier alpha value is -1.58. The zero-order valence-electron chi connectivity index (χ0n) is 7.82. The highest BCUT2D eigenvalue weighted by atomic mass is 16.5. The van der Waals surface area contributed by atoms with Crippen LogP contribution in [0.25, 0.3) is 10.8 Å². The zero-order valence-corrected chi connectivity index (χ0v) is 7.82. The Bertz CT molecular complexity index is 466. The van der Waals surface area contributed by atoms with E-state index in [-0.39, 0.29) is 10.8 Å². The van der Waals surface area contributed by atoms with E-state index >= 15 is 0 Å². The lowest BCUT2D eigenvalue weighted by Gasteiger charge is -2.15. The molecule has 0 amide bonds. The first-order chi connectivity index (χ1) is 6.66. The van der Waals surface area contributed by atoms with Gasteiger partial charge in [0.15, 0.2) is 0 Å². The summed E-state index contributed by atoms with van der Waals surface area (Å²) in [5, 5.41) is 22.3. The molecule has 0 saturated carbocycles. The maximum Gasteiger partial charge on any atom is 0.131 e. The minimum atomic E-state index is 0.0555. The molecular formula is C11H11NO2. The minimum Gasteiger partial charge on any atom is -0.629 e. The summed E-state index contributed by atoms with van der Waals surface area (Å²) in [6.45, 7) is 0. The monoisotopic (exact) mass is 189 g/mol. The number of nitrogens with one attached hydrogen (secondary N) is 1. The Balaban J connectivity index is 2.62. The fourth-order valence-corrected chi connectivity index (χ4v) is 1.45. The van der Waals surface area contributed by atoms with Crippen LogP contribution >= 0.6 is 0 Å². The predicted octanol–water partition coefficient (Wildman–Crippen LogP) is 1.19. The predicted molar refractivity (Wildman–Crippen MR) is 55.5 cm³/mol. The average Bonchev–Trinajstić information content (AvgIpc) is 2.16. The van der Waals surface area contributed by atoms with E-state index in [0.717, 1.165) is 10.8 Å². The number of phenolic OH excluding ortho intramolecular Hbond substituents is 1. The molecule has 0 saturated heterocycles. The summed E-state index contributed by atoms with van der Waals surface area (Å²) >= 11 is 0. The van der Waals surface area contributed by atoms with Crippen LogP contribution in [0, 0.1) is 5.21 Å². The largest absolute Gasteiger partial charge is 0.629 e. The van der Waals surface area contributed by atoms with E-state index in [4.69, 9.17) is 0 Å². The Kier molecular flexibility index (Phi) is 2.11. The van der Waals surface area contributed by atoms with Crippen molar-refractivity contribution in [3.63, 3.8) is 0 Å². The van der Waals surface area contributed by atoms with Crippen LogP contribution in [0.15, 0.2) is 36.4 Å². The molecule has 0 radical (unpaired) electrons. The molecule has 0 bridgehead atoms. The number of phenols is 1. The van der Waals surface area contributed by atoms with Gasteiger partial charge in [0.1, 0.15) is 11.4 Å². The first-order valence-electron chi connectivity index (χ1n) is 4.40. The second-order valence-corrected chi connectivity index (χ2v) is 3.30. The lowest BCUT2D eigenvalue weighted by molar-refractivity contribution is -0.751. The van der Waals surface area contributed by atoms with Gasteiger partial charge in [0, 0.05) is 6.07 Å². The van der Waals surface area contributed by atoms with E-state index in [1.54, 1.807) is 31.3 Å². The summed E-state index contributed by atoms with van der Waals surface area (Å²) in [6, 6.07) is 10.5. The maximum absolute atomic E-state index is 11.1. The van der Waals surface area contributed by atoms with Gasteiger partial charge in [-0.2, -0.15) is 0 Å². The molecule has 2 rings (SSSR count). The Labute approximate surface area is 81.8 Å². The summed E-state index contributed by atoms with van der Waals surface area (Å²) in [7, 11) is 1.54. The van der Waals surface area contributed by atoms with Gasteiger partial charge in [-0.05, 0) is 35.0 Å². The SMILES string of the molecule is C[NH+]([O-])c1ccc2cc(O)ccc2c1. The highest BCUT2D eigenvalue weighted by Gasteiger charge is 2.00. The molecule has 72 valence electrons. The summed E-state index contributed by atoms with van der Waals surface area (Å²) in [4.78, 5) is 0. The first kappa shape index (κ1) is 8.99. The third kappa shape index (κ3) is 1.55. The van der Waals surface area contributed by atoms with Crippen LogP contribution in [-0.2, 0) is 0 Å². The van der Waals surface area contributed by atoms with Crippen molar-refractivity contribution in [2.45, 2.75) is 0 Å². The number of hydroxylamine groups is 1. The molecule has 0 aliphatic heterocycles. The molecule has 1 unspecified atom stereocenters. The van der Waals surface area contributed by atoms with Gasteiger partial charge in [0.2, 0.25) is 0 Å². The fourth-order valence-electron chi connectivity index (χ4n) is 1.45. The number of rotatable bonds is 1. The van der Waals surface area contributed by atoms with E-state index in [9.17, 15) is 10.3 Å². The number of fused-ring (bicyclic) bond motifs is 1. The summed E-state index contributed by atoms with van der Waals surface area (Å²) < 4.78 is 0. The molecule has 14 heavy (non-hydrogen) atoms. The van der Waals surface area contributed by atoms with Crippen LogP contribution in [0.5, 0.6) is 5.75 Å². The molecule has 0 aliphatic carbocycles. The quantitative estimate of drug-likeness (QED) is 0.662. The summed E-state index contributed by atoms with van der Waals surface area (Å²) in [5.74, 6) is 0.244. The number of aromatic hydroxyl groups is 1. The van der Waals surface area contributed by atoms with Crippen LogP contribution < -0.4 is 5.06 Å². The molecule has 0 aliphatic rings. The van der Waals surface area contributed by atoms with Crippen LogP contribution in [0.3, 0.4) is 0 Å². The van der Waals surface area contributed by atoms with E-state index in [1.807, 2.05) is 12.1 Å². The van der Waals surface area contributed by atoms with Crippen molar-refractivity contribution in [3.8, 4) is 5.75 Å². The van der Waals surface area contributed by atoms with Crippen molar-refractivity contribution in [1.29, 1.82) is 0 Å². The van der Waals surface area contributed by atoms with Gasteiger partial charge in [0.25, 0.3) is 0 Å². The van der Waals surface area contributed by atoms with Crippen LogP contribution in [-0.4, -0.2) is 12.2 Å². The molecule has 2 aromatic rings. The second kappa shape index (κ2) is 3.29. The van der Waals surface area contributed by atoms with Gasteiger partial charge in [0.05, 0.1) is 7.05 Å². The molecule has 0 heterocycles. The Morgan fingerprint density at radius 3 is 2.43 bits per heavy atom. The third-order valence-corrected chi connectivity index (χ3v) is 2.23. The first-order valence-corrected chi connectivity index (χ1v) is 4.40. The van der Waals surface area contributed by atoms with Crippen molar-refractivity contribution < 1.29 is 10.2 Å². The molecular weight excluding hydrogens is 178 g/mol. The molecule has 3 nitrogen and oxygen atoms in total. The van der Waals surface area contributed by atoms with Gasteiger partial charge in [-0.25, -0.2) is 0 Å². The molecule has 2 N–H and O–H groups in total. The lowest BCUT2D eigenvalue weighted by Crippen LogP contribution is -2.98. The molecule has 2 aromatic carbocycles. The zero-order chi connectivity index (χ0) is 10.1. The van der Waals surface area contributed by atoms with E-state index in [2.05, 4.69) is 0 Å². The maximum atomic E-state index is 11.1. The van der Waals surface area contributed by atoms with E-state index in [0.29, 0.717) is 5.69 Å². The average molecular weight is 189 g/mol. The number of hydrogen-bond acceptors (Lipinski definition) is 2. The fraction of sp³-hybridized carbons (Fsp3) is 0.0909. The van der Waals surface area contributed by atoms with E-state index in [1.165, 1.54) is 0 Å². The topological polar surface area (TPSA) is 47.7 Å². The normalized spacial score (nSPS) is 13.0. The molecule has 0 aromatic heterocycles. The summed E-state index contributed by atoms with van der Waals surface area (Å²) in [5.41, 5.74) is 0.697. The van der Waals surface area contributed by atoms with Crippen molar-refractivity contribution >= 4 is 16.5 Å². The molecule has 3 heteroatoms. The van der Waals surface area contributed by atoms with Crippen molar-refractivity contribution in [2.75, 3.05) is 7.05 Å². The van der Waals surface area contributed by atoms with Crippen LogP contribution in [0.2, 0.25) is 0 Å². The highest BCUT2D eigenvalue weighted by molar-refractivity contribution is 5.85. The molecule has 0 spiro atoms. The number of hydrogen-bond donors (Lipinski definition) is 2.